The van der Waals surface area contributed by atoms with E-state index in [2.05, 4.69) is 19.9 Å². The van der Waals surface area contributed by atoms with Crippen LogP contribution in [0.5, 0.6) is 11.5 Å². The molecule has 2 aromatic heterocycles. The Morgan fingerprint density at radius 2 is 0.871 bits per heavy atom. The molecular weight excluding hydrogens is 400 g/mol. The summed E-state index contributed by atoms with van der Waals surface area (Å²) >= 11 is 0. The van der Waals surface area contributed by atoms with Crippen LogP contribution in [-0.2, 0) is 14.2 Å². The fourth-order valence-corrected chi connectivity index (χ4v) is 3.27. The molecule has 0 fully saturated rings. The number of para-hydroxylation sites is 2. The molecule has 0 bridgehead atoms. The minimum atomic E-state index is 0.379. The molecule has 160 valence electrons. The van der Waals surface area contributed by atoms with Crippen molar-refractivity contribution in [3.8, 4) is 11.5 Å². The van der Waals surface area contributed by atoms with Crippen LogP contribution in [0.3, 0.4) is 0 Å². The van der Waals surface area contributed by atoms with Crippen LogP contribution in [-0.4, -0.2) is 72.8 Å². The standard InChI is InChI=1S/C22H22N4O5/c1-2-4-16-15(3-1)23-21-22(24-16)26-18-14-20-19(13-17(18)25-21)30-11-9-28-7-5-27-6-8-29-10-12-31-20/h1-4,13-14H,5-12H2. The molecule has 0 aliphatic carbocycles. The third-order valence-corrected chi connectivity index (χ3v) is 4.74. The zero-order valence-electron chi connectivity index (χ0n) is 17.0. The van der Waals surface area contributed by atoms with E-state index in [0.29, 0.717) is 86.7 Å². The molecule has 0 atom stereocenters. The third-order valence-electron chi connectivity index (χ3n) is 4.74. The van der Waals surface area contributed by atoms with Crippen molar-refractivity contribution in [2.75, 3.05) is 52.9 Å². The number of fused-ring (bicyclic) bond motifs is 4. The van der Waals surface area contributed by atoms with E-state index in [1.165, 1.54) is 0 Å². The lowest BCUT2D eigenvalue weighted by atomic mass is 10.2. The molecule has 3 heterocycles. The highest BCUT2D eigenvalue weighted by molar-refractivity contribution is 5.89. The maximum absolute atomic E-state index is 5.92. The lowest BCUT2D eigenvalue weighted by molar-refractivity contribution is 0.00708. The Kier molecular flexibility index (Phi) is 5.96. The van der Waals surface area contributed by atoms with Gasteiger partial charge in [0, 0.05) is 12.1 Å². The molecule has 0 amide bonds. The van der Waals surface area contributed by atoms with Gasteiger partial charge in [-0.2, -0.15) is 0 Å². The summed E-state index contributed by atoms with van der Waals surface area (Å²) in [6.07, 6.45) is 0. The quantitative estimate of drug-likeness (QED) is 0.396. The Balaban J connectivity index is 1.50. The van der Waals surface area contributed by atoms with E-state index in [1.807, 2.05) is 36.4 Å². The molecule has 4 aromatic rings. The van der Waals surface area contributed by atoms with Gasteiger partial charge in [-0.3, -0.25) is 0 Å². The summed E-state index contributed by atoms with van der Waals surface area (Å²) in [7, 11) is 0. The molecule has 0 saturated carbocycles. The fourth-order valence-electron chi connectivity index (χ4n) is 3.27. The lowest BCUT2D eigenvalue weighted by Gasteiger charge is -2.14. The van der Waals surface area contributed by atoms with Gasteiger partial charge in [-0.15, -0.1) is 0 Å². The first-order chi connectivity index (χ1) is 15.4. The number of ether oxygens (including phenoxy) is 5. The van der Waals surface area contributed by atoms with Gasteiger partial charge >= 0.3 is 0 Å². The topological polar surface area (TPSA) is 97.7 Å². The van der Waals surface area contributed by atoms with Gasteiger partial charge in [-0.05, 0) is 12.1 Å². The van der Waals surface area contributed by atoms with Crippen molar-refractivity contribution >= 4 is 33.4 Å². The van der Waals surface area contributed by atoms with Gasteiger partial charge in [-0.25, -0.2) is 19.9 Å². The normalized spacial score (nSPS) is 16.8. The van der Waals surface area contributed by atoms with E-state index < -0.39 is 0 Å². The molecule has 0 unspecified atom stereocenters. The van der Waals surface area contributed by atoms with Crippen LogP contribution in [0.25, 0.3) is 33.4 Å². The molecule has 9 nitrogen and oxygen atoms in total. The predicted octanol–water partition coefficient (Wildman–Crippen LogP) is 2.55. The summed E-state index contributed by atoms with van der Waals surface area (Å²) in [4.78, 5) is 18.5. The summed E-state index contributed by atoms with van der Waals surface area (Å²) in [5.41, 5.74) is 3.84. The number of hydrogen-bond donors (Lipinski definition) is 0. The van der Waals surface area contributed by atoms with Crippen LogP contribution in [0.1, 0.15) is 0 Å². The molecule has 0 spiro atoms. The van der Waals surface area contributed by atoms with Crippen molar-refractivity contribution < 1.29 is 23.7 Å². The molecule has 0 saturated heterocycles. The largest absolute Gasteiger partial charge is 0.487 e. The Hall–Kier alpha value is -3.14. The van der Waals surface area contributed by atoms with Gasteiger partial charge in [0.15, 0.2) is 22.8 Å². The second-order valence-corrected chi connectivity index (χ2v) is 6.90. The summed E-state index contributed by atoms with van der Waals surface area (Å²) in [5.74, 6) is 1.15. The van der Waals surface area contributed by atoms with Crippen molar-refractivity contribution in [1.82, 2.24) is 19.9 Å². The third kappa shape index (κ3) is 4.63. The first-order valence-electron chi connectivity index (χ1n) is 10.2. The molecule has 9 heteroatoms. The van der Waals surface area contributed by atoms with Crippen LogP contribution in [0, 0.1) is 0 Å². The Bertz CT molecular complexity index is 1110. The molecule has 0 radical (unpaired) electrons. The molecule has 5 rings (SSSR count). The zero-order valence-corrected chi connectivity index (χ0v) is 17.0. The van der Waals surface area contributed by atoms with E-state index in [9.17, 15) is 0 Å². The number of hydrogen-bond acceptors (Lipinski definition) is 9. The first-order valence-corrected chi connectivity index (χ1v) is 10.2. The highest BCUT2D eigenvalue weighted by Crippen LogP contribution is 2.32. The van der Waals surface area contributed by atoms with Crippen molar-refractivity contribution in [3.63, 3.8) is 0 Å². The molecule has 1 aliphatic rings. The minimum Gasteiger partial charge on any atom is -0.487 e. The smallest absolute Gasteiger partial charge is 0.199 e. The maximum Gasteiger partial charge on any atom is 0.199 e. The SMILES string of the molecule is c1ccc2nc3nc4cc5c(cc4nc3nc2c1)OCCOCCOCCOCCO5. The monoisotopic (exact) mass is 422 g/mol. The Labute approximate surface area is 178 Å². The summed E-state index contributed by atoms with van der Waals surface area (Å²) in [6.45, 7) is 3.71. The van der Waals surface area contributed by atoms with E-state index in [4.69, 9.17) is 23.7 Å². The van der Waals surface area contributed by atoms with Gasteiger partial charge in [0.25, 0.3) is 0 Å². The highest BCUT2D eigenvalue weighted by Gasteiger charge is 2.13. The Morgan fingerprint density at radius 1 is 0.484 bits per heavy atom. The molecule has 0 N–H and O–H groups in total. The number of nitrogens with zero attached hydrogens (tertiary/aromatic N) is 4. The van der Waals surface area contributed by atoms with Crippen LogP contribution in [0.4, 0.5) is 0 Å². The van der Waals surface area contributed by atoms with Crippen LogP contribution >= 0.6 is 0 Å². The van der Waals surface area contributed by atoms with Gasteiger partial charge in [0.1, 0.15) is 13.2 Å². The van der Waals surface area contributed by atoms with Crippen LogP contribution in [0.15, 0.2) is 36.4 Å². The number of aromatic nitrogens is 4. The van der Waals surface area contributed by atoms with E-state index in [0.717, 1.165) is 11.0 Å². The van der Waals surface area contributed by atoms with Crippen molar-refractivity contribution in [2.45, 2.75) is 0 Å². The average molecular weight is 422 g/mol. The van der Waals surface area contributed by atoms with E-state index >= 15 is 0 Å². The summed E-state index contributed by atoms with van der Waals surface area (Å²) in [6, 6.07) is 11.3. The zero-order chi connectivity index (χ0) is 20.9. The first kappa shape index (κ1) is 19.8. The molecular formula is C22H22N4O5. The van der Waals surface area contributed by atoms with Gasteiger partial charge in [-0.1, -0.05) is 12.1 Å². The minimum absolute atomic E-state index is 0.379. The predicted molar refractivity (Wildman–Crippen MR) is 114 cm³/mol. The summed E-state index contributed by atoms with van der Waals surface area (Å²) < 4.78 is 28.3. The van der Waals surface area contributed by atoms with E-state index in [1.54, 1.807) is 0 Å². The number of benzene rings is 2. The van der Waals surface area contributed by atoms with Gasteiger partial charge < -0.3 is 23.7 Å². The molecule has 31 heavy (non-hydrogen) atoms. The molecule has 1 aliphatic heterocycles. The molecule has 2 aromatic carbocycles. The highest BCUT2D eigenvalue weighted by atomic mass is 16.6. The van der Waals surface area contributed by atoms with Gasteiger partial charge in [0.2, 0.25) is 0 Å². The fraction of sp³-hybridized carbons (Fsp3) is 0.364. The second kappa shape index (κ2) is 9.34. The van der Waals surface area contributed by atoms with E-state index in [-0.39, 0.29) is 0 Å². The summed E-state index contributed by atoms with van der Waals surface area (Å²) in [5, 5.41) is 0. The Morgan fingerprint density at radius 3 is 1.32 bits per heavy atom. The second-order valence-electron chi connectivity index (χ2n) is 6.90. The van der Waals surface area contributed by atoms with Crippen molar-refractivity contribution in [1.29, 1.82) is 0 Å². The average Bonchev–Trinajstić information content (AvgIpc) is 2.79. The van der Waals surface area contributed by atoms with Crippen molar-refractivity contribution in [3.05, 3.63) is 36.4 Å². The van der Waals surface area contributed by atoms with Gasteiger partial charge in [0.05, 0.1) is 61.7 Å². The lowest BCUT2D eigenvalue weighted by Crippen LogP contribution is -2.13. The van der Waals surface area contributed by atoms with Crippen LogP contribution in [0.2, 0.25) is 0 Å². The van der Waals surface area contributed by atoms with Crippen LogP contribution < -0.4 is 9.47 Å². The van der Waals surface area contributed by atoms with Crippen molar-refractivity contribution in [2.24, 2.45) is 0 Å². The number of rotatable bonds is 0. The maximum atomic E-state index is 5.92.